The molecule has 1 aromatic carbocycles. The number of thiophene rings is 1. The van der Waals surface area contributed by atoms with Gasteiger partial charge in [0, 0.05) is 5.56 Å². The van der Waals surface area contributed by atoms with Gasteiger partial charge in [0.2, 0.25) is 0 Å². The summed E-state index contributed by atoms with van der Waals surface area (Å²) in [5.74, 6) is 0. The van der Waals surface area contributed by atoms with Crippen molar-refractivity contribution in [1.82, 2.24) is 0 Å². The van der Waals surface area contributed by atoms with Crippen LogP contribution in [-0.2, 0) is 6.42 Å². The number of aryl methyl sites for hydroxylation is 1. The first-order chi connectivity index (χ1) is 7.22. The predicted octanol–water partition coefficient (Wildman–Crippen LogP) is 5.24. The summed E-state index contributed by atoms with van der Waals surface area (Å²) < 4.78 is 2.12. The smallest absolute Gasteiger partial charge is 0.0946 e. The van der Waals surface area contributed by atoms with E-state index in [9.17, 15) is 0 Å². The molecule has 0 saturated carbocycles. The largest absolute Gasteiger partial charge is 0.117 e. The fourth-order valence-electron chi connectivity index (χ4n) is 1.62. The molecule has 0 aliphatic heterocycles. The summed E-state index contributed by atoms with van der Waals surface area (Å²) in [5, 5.41) is 0. The van der Waals surface area contributed by atoms with E-state index in [0.717, 1.165) is 10.8 Å². The van der Waals surface area contributed by atoms with Crippen molar-refractivity contribution in [3.05, 3.63) is 43.1 Å². The van der Waals surface area contributed by atoms with Crippen LogP contribution >= 0.6 is 45.5 Å². The van der Waals surface area contributed by atoms with E-state index in [-0.39, 0.29) is 0 Å². The third-order valence-corrected chi connectivity index (χ3v) is 4.64. The zero-order valence-corrected chi connectivity index (χ0v) is 12.0. The van der Waals surface area contributed by atoms with Crippen molar-refractivity contribution < 1.29 is 0 Å². The molecule has 0 spiro atoms. The molecule has 78 valence electrons. The van der Waals surface area contributed by atoms with Gasteiger partial charge in [-0.05, 0) is 46.2 Å². The summed E-state index contributed by atoms with van der Waals surface area (Å²) in [6.07, 6.45) is 1.06. The molecule has 1 heterocycles. The second kappa shape index (κ2) is 4.85. The molecule has 0 atom stereocenters. The van der Waals surface area contributed by atoms with E-state index >= 15 is 0 Å². The molecule has 0 N–H and O–H groups in total. The van der Waals surface area contributed by atoms with Crippen molar-refractivity contribution >= 4 is 45.5 Å². The van der Waals surface area contributed by atoms with E-state index in [0.29, 0.717) is 0 Å². The first-order valence-corrected chi connectivity index (χ1v) is 7.02. The van der Waals surface area contributed by atoms with E-state index in [1.807, 2.05) is 0 Å². The van der Waals surface area contributed by atoms with Crippen LogP contribution in [0.5, 0.6) is 0 Å². The Bertz CT molecular complexity index is 476. The standard InChI is InChI=1S/C12H10ClIS/c1-2-8-5-3-4-6-9(8)10-7-11(13)15-12(10)14/h3-7H,2H2,1H3. The van der Waals surface area contributed by atoms with Crippen molar-refractivity contribution in [3.8, 4) is 11.1 Å². The van der Waals surface area contributed by atoms with E-state index in [4.69, 9.17) is 11.6 Å². The Morgan fingerprint density at radius 2 is 2.00 bits per heavy atom. The number of benzene rings is 1. The van der Waals surface area contributed by atoms with Gasteiger partial charge < -0.3 is 0 Å². The molecule has 2 aromatic rings. The van der Waals surface area contributed by atoms with Crippen molar-refractivity contribution in [2.75, 3.05) is 0 Å². The summed E-state index contributed by atoms with van der Waals surface area (Å²) in [5.41, 5.74) is 3.96. The molecular formula is C12H10ClIS. The van der Waals surface area contributed by atoms with Crippen LogP contribution in [0, 0.1) is 2.88 Å². The third-order valence-electron chi connectivity index (χ3n) is 2.35. The zero-order valence-electron chi connectivity index (χ0n) is 8.26. The molecular weight excluding hydrogens is 339 g/mol. The highest BCUT2D eigenvalue weighted by molar-refractivity contribution is 14.1. The van der Waals surface area contributed by atoms with Gasteiger partial charge in [-0.3, -0.25) is 0 Å². The van der Waals surface area contributed by atoms with E-state index in [1.54, 1.807) is 11.3 Å². The molecule has 3 heteroatoms. The van der Waals surface area contributed by atoms with Crippen LogP contribution in [0.25, 0.3) is 11.1 Å². The lowest BCUT2D eigenvalue weighted by Crippen LogP contribution is -1.86. The minimum atomic E-state index is 0.861. The van der Waals surface area contributed by atoms with Gasteiger partial charge in [-0.25, -0.2) is 0 Å². The Hall–Kier alpha value is -0.0600. The summed E-state index contributed by atoms with van der Waals surface area (Å²) in [7, 11) is 0. The number of halogens is 2. The fourth-order valence-corrected chi connectivity index (χ4v) is 4.13. The maximum atomic E-state index is 6.02. The van der Waals surface area contributed by atoms with E-state index < -0.39 is 0 Å². The highest BCUT2D eigenvalue weighted by Gasteiger charge is 2.10. The van der Waals surface area contributed by atoms with Crippen molar-refractivity contribution in [1.29, 1.82) is 0 Å². The zero-order chi connectivity index (χ0) is 10.8. The second-order valence-corrected chi connectivity index (χ2v) is 6.74. The Labute approximate surface area is 112 Å². The number of rotatable bonds is 2. The van der Waals surface area contributed by atoms with Crippen LogP contribution in [0.15, 0.2) is 30.3 Å². The van der Waals surface area contributed by atoms with Crippen LogP contribution in [0.2, 0.25) is 4.34 Å². The molecule has 15 heavy (non-hydrogen) atoms. The average Bonchev–Trinajstić information content (AvgIpc) is 2.57. The summed E-state index contributed by atoms with van der Waals surface area (Å²) >= 11 is 10.0. The Balaban J connectivity index is 2.58. The third kappa shape index (κ3) is 2.37. The molecule has 0 bridgehead atoms. The Kier molecular flexibility index (Phi) is 3.69. The Morgan fingerprint density at radius 3 is 2.60 bits per heavy atom. The molecule has 0 unspecified atom stereocenters. The van der Waals surface area contributed by atoms with E-state index in [2.05, 4.69) is 59.8 Å². The maximum Gasteiger partial charge on any atom is 0.0946 e. The van der Waals surface area contributed by atoms with Crippen LogP contribution in [-0.4, -0.2) is 0 Å². The number of hydrogen-bond acceptors (Lipinski definition) is 1. The molecule has 0 fully saturated rings. The number of hydrogen-bond donors (Lipinski definition) is 0. The molecule has 0 aliphatic carbocycles. The highest BCUT2D eigenvalue weighted by Crippen LogP contribution is 2.36. The van der Waals surface area contributed by atoms with Crippen molar-refractivity contribution in [2.45, 2.75) is 13.3 Å². The first kappa shape index (κ1) is 11.4. The summed E-state index contributed by atoms with van der Waals surface area (Å²) in [6.45, 7) is 2.18. The van der Waals surface area contributed by atoms with Crippen molar-refractivity contribution in [3.63, 3.8) is 0 Å². The predicted molar refractivity (Wildman–Crippen MR) is 76.9 cm³/mol. The first-order valence-electron chi connectivity index (χ1n) is 4.75. The topological polar surface area (TPSA) is 0 Å². The lowest BCUT2D eigenvalue weighted by atomic mass is 10.0. The van der Waals surface area contributed by atoms with Gasteiger partial charge in [-0.2, -0.15) is 0 Å². The molecule has 0 radical (unpaired) electrons. The minimum absolute atomic E-state index is 0.861. The van der Waals surface area contributed by atoms with Gasteiger partial charge in [-0.15, -0.1) is 11.3 Å². The van der Waals surface area contributed by atoms with Crippen LogP contribution in [0.3, 0.4) is 0 Å². The lowest BCUT2D eigenvalue weighted by molar-refractivity contribution is 1.14. The fraction of sp³-hybridized carbons (Fsp3) is 0.167. The second-order valence-electron chi connectivity index (χ2n) is 3.25. The van der Waals surface area contributed by atoms with Gasteiger partial charge in [-0.1, -0.05) is 42.8 Å². The Morgan fingerprint density at radius 1 is 1.27 bits per heavy atom. The average molecular weight is 349 g/mol. The monoisotopic (exact) mass is 348 g/mol. The van der Waals surface area contributed by atoms with Crippen LogP contribution < -0.4 is 0 Å². The molecule has 0 saturated heterocycles. The molecule has 0 aliphatic rings. The highest BCUT2D eigenvalue weighted by atomic mass is 127. The quantitative estimate of drug-likeness (QED) is 0.651. The van der Waals surface area contributed by atoms with Crippen LogP contribution in [0.1, 0.15) is 12.5 Å². The van der Waals surface area contributed by atoms with Crippen molar-refractivity contribution in [2.24, 2.45) is 0 Å². The lowest BCUT2D eigenvalue weighted by Gasteiger charge is -2.05. The normalized spacial score (nSPS) is 10.6. The summed E-state index contributed by atoms with van der Waals surface area (Å²) in [4.78, 5) is 0. The van der Waals surface area contributed by atoms with Crippen LogP contribution in [0.4, 0.5) is 0 Å². The van der Waals surface area contributed by atoms with Gasteiger partial charge in [0.15, 0.2) is 0 Å². The molecule has 0 nitrogen and oxygen atoms in total. The SMILES string of the molecule is CCc1ccccc1-c1cc(Cl)sc1I. The van der Waals surface area contributed by atoms with Gasteiger partial charge in [0.25, 0.3) is 0 Å². The minimum Gasteiger partial charge on any atom is -0.117 e. The molecule has 0 amide bonds. The van der Waals surface area contributed by atoms with E-state index in [1.165, 1.54) is 19.6 Å². The van der Waals surface area contributed by atoms with Gasteiger partial charge in [0.05, 0.1) is 7.22 Å². The summed E-state index contributed by atoms with van der Waals surface area (Å²) in [6, 6.07) is 10.6. The molecule has 1 aromatic heterocycles. The van der Waals surface area contributed by atoms with Gasteiger partial charge in [0.1, 0.15) is 0 Å². The molecule has 2 rings (SSSR count). The maximum absolute atomic E-state index is 6.02. The van der Waals surface area contributed by atoms with Gasteiger partial charge >= 0.3 is 0 Å².